The van der Waals surface area contributed by atoms with Crippen molar-refractivity contribution in [2.24, 2.45) is 5.92 Å². The van der Waals surface area contributed by atoms with E-state index in [1.807, 2.05) is 0 Å². The van der Waals surface area contributed by atoms with Crippen LogP contribution in [0.5, 0.6) is 0 Å². The Bertz CT molecular complexity index is 182. The molecule has 0 aromatic heterocycles. The van der Waals surface area contributed by atoms with Crippen LogP contribution in [0.2, 0.25) is 0 Å². The van der Waals surface area contributed by atoms with Gasteiger partial charge in [-0.1, -0.05) is 33.1 Å². The summed E-state index contributed by atoms with van der Waals surface area (Å²) in [5, 5.41) is 3.75. The second kappa shape index (κ2) is 7.29. The van der Waals surface area contributed by atoms with E-state index in [0.29, 0.717) is 0 Å². The number of unbranched alkanes of at least 4 members (excludes halogenated alkanes) is 3. The Balaban J connectivity index is 2.16. The van der Waals surface area contributed by atoms with E-state index in [0.717, 1.165) is 18.0 Å². The summed E-state index contributed by atoms with van der Waals surface area (Å²) in [5.74, 6) is 0.798. The fraction of sp³-hybridized carbons (Fsp3) is 1.00. The van der Waals surface area contributed by atoms with E-state index in [9.17, 15) is 0 Å². The maximum absolute atomic E-state index is 3.75. The molecule has 1 aliphatic heterocycles. The van der Waals surface area contributed by atoms with Crippen molar-refractivity contribution >= 4 is 0 Å². The van der Waals surface area contributed by atoms with Gasteiger partial charge in [-0.2, -0.15) is 0 Å². The third-order valence-electron chi connectivity index (χ3n) is 4.05. The lowest BCUT2D eigenvalue weighted by Crippen LogP contribution is -2.51. The topological polar surface area (TPSA) is 15.3 Å². The Hall–Kier alpha value is -0.0800. The molecule has 3 atom stereocenters. The van der Waals surface area contributed by atoms with Crippen molar-refractivity contribution in [2.75, 3.05) is 20.1 Å². The molecule has 0 radical (unpaired) electrons. The van der Waals surface area contributed by atoms with Crippen molar-refractivity contribution < 1.29 is 0 Å². The molecule has 3 unspecified atom stereocenters. The number of hydrogen-bond donors (Lipinski definition) is 1. The van der Waals surface area contributed by atoms with Crippen molar-refractivity contribution in [3.05, 3.63) is 0 Å². The Morgan fingerprint density at radius 2 is 1.94 bits per heavy atom. The second-order valence-corrected chi connectivity index (χ2v) is 5.62. The minimum Gasteiger partial charge on any atom is -0.314 e. The molecule has 0 aromatic rings. The lowest BCUT2D eigenvalue weighted by molar-refractivity contribution is 0.122. The van der Waals surface area contributed by atoms with Crippen molar-refractivity contribution in [3.63, 3.8) is 0 Å². The average molecular weight is 226 g/mol. The second-order valence-electron chi connectivity index (χ2n) is 5.62. The van der Waals surface area contributed by atoms with Crippen LogP contribution < -0.4 is 5.32 Å². The summed E-state index contributed by atoms with van der Waals surface area (Å²) in [6.45, 7) is 9.46. The van der Waals surface area contributed by atoms with Gasteiger partial charge in [-0.15, -0.1) is 0 Å². The van der Waals surface area contributed by atoms with Crippen molar-refractivity contribution in [1.29, 1.82) is 0 Å². The highest BCUT2D eigenvalue weighted by molar-refractivity contribution is 4.85. The SMILES string of the molecule is CCCCCCNC1CC(C)N(C)CC1C. The van der Waals surface area contributed by atoms with Gasteiger partial charge in [0.1, 0.15) is 0 Å². The highest BCUT2D eigenvalue weighted by Gasteiger charge is 2.27. The standard InChI is InChI=1S/C14H30N2/c1-5-6-7-8-9-15-14-10-13(3)16(4)11-12(14)2/h12-15H,5-11H2,1-4H3. The van der Waals surface area contributed by atoms with Crippen LogP contribution in [0.15, 0.2) is 0 Å². The van der Waals surface area contributed by atoms with Crippen LogP contribution in [0.25, 0.3) is 0 Å². The average Bonchev–Trinajstić information content (AvgIpc) is 2.25. The summed E-state index contributed by atoms with van der Waals surface area (Å²) in [4.78, 5) is 2.49. The molecule has 0 amide bonds. The monoisotopic (exact) mass is 226 g/mol. The largest absolute Gasteiger partial charge is 0.314 e. The Labute approximate surface area is 102 Å². The first-order chi connectivity index (χ1) is 7.65. The van der Waals surface area contributed by atoms with Gasteiger partial charge in [0.05, 0.1) is 0 Å². The van der Waals surface area contributed by atoms with Crippen LogP contribution in [-0.2, 0) is 0 Å². The molecule has 2 heteroatoms. The molecule has 16 heavy (non-hydrogen) atoms. The normalized spacial score (nSPS) is 31.9. The highest BCUT2D eigenvalue weighted by atomic mass is 15.2. The van der Waals surface area contributed by atoms with Crippen LogP contribution in [0, 0.1) is 5.92 Å². The van der Waals surface area contributed by atoms with E-state index in [-0.39, 0.29) is 0 Å². The molecule has 0 bridgehead atoms. The van der Waals surface area contributed by atoms with Crippen molar-refractivity contribution in [3.8, 4) is 0 Å². The minimum atomic E-state index is 0.740. The number of piperidine rings is 1. The van der Waals surface area contributed by atoms with Crippen molar-refractivity contribution in [2.45, 2.75) is 65.0 Å². The summed E-state index contributed by atoms with van der Waals surface area (Å²) < 4.78 is 0. The predicted octanol–water partition coefficient (Wildman–Crippen LogP) is 2.89. The molecule has 1 saturated heterocycles. The molecular weight excluding hydrogens is 196 g/mol. The van der Waals surface area contributed by atoms with Crippen LogP contribution >= 0.6 is 0 Å². The maximum atomic E-state index is 3.75. The van der Waals surface area contributed by atoms with Gasteiger partial charge in [0.25, 0.3) is 0 Å². The van der Waals surface area contributed by atoms with E-state index in [4.69, 9.17) is 0 Å². The van der Waals surface area contributed by atoms with Gasteiger partial charge in [-0.25, -0.2) is 0 Å². The number of nitrogens with zero attached hydrogens (tertiary/aromatic N) is 1. The third-order valence-corrected chi connectivity index (χ3v) is 4.05. The lowest BCUT2D eigenvalue weighted by atomic mass is 9.90. The Morgan fingerprint density at radius 3 is 2.62 bits per heavy atom. The number of hydrogen-bond acceptors (Lipinski definition) is 2. The van der Waals surface area contributed by atoms with E-state index in [2.05, 4.69) is 38.0 Å². The molecule has 1 fully saturated rings. The van der Waals surface area contributed by atoms with Crippen LogP contribution in [0.4, 0.5) is 0 Å². The summed E-state index contributed by atoms with van der Waals surface area (Å²) >= 11 is 0. The van der Waals surface area contributed by atoms with Gasteiger partial charge in [0, 0.05) is 18.6 Å². The molecular formula is C14H30N2. The van der Waals surface area contributed by atoms with Gasteiger partial charge < -0.3 is 10.2 Å². The summed E-state index contributed by atoms with van der Waals surface area (Å²) in [6, 6.07) is 1.48. The van der Waals surface area contributed by atoms with Gasteiger partial charge in [-0.3, -0.25) is 0 Å². The molecule has 1 rings (SSSR count). The molecule has 0 spiro atoms. The molecule has 0 saturated carbocycles. The van der Waals surface area contributed by atoms with Gasteiger partial charge in [0.15, 0.2) is 0 Å². The quantitative estimate of drug-likeness (QED) is 0.701. The van der Waals surface area contributed by atoms with E-state index < -0.39 is 0 Å². The molecule has 1 N–H and O–H groups in total. The first-order valence-corrected chi connectivity index (χ1v) is 7.08. The fourth-order valence-corrected chi connectivity index (χ4v) is 2.66. The van der Waals surface area contributed by atoms with Crippen LogP contribution in [-0.4, -0.2) is 37.1 Å². The van der Waals surface area contributed by atoms with Gasteiger partial charge >= 0.3 is 0 Å². The van der Waals surface area contributed by atoms with Crippen LogP contribution in [0.1, 0.15) is 52.9 Å². The van der Waals surface area contributed by atoms with E-state index >= 15 is 0 Å². The zero-order valence-corrected chi connectivity index (χ0v) is 11.6. The summed E-state index contributed by atoms with van der Waals surface area (Å²) in [7, 11) is 2.25. The number of rotatable bonds is 6. The summed E-state index contributed by atoms with van der Waals surface area (Å²) in [6.07, 6.45) is 6.77. The highest BCUT2D eigenvalue weighted by Crippen LogP contribution is 2.20. The number of likely N-dealkylation sites (tertiary alicyclic amines) is 1. The van der Waals surface area contributed by atoms with Gasteiger partial charge in [0.2, 0.25) is 0 Å². The molecule has 1 aliphatic rings. The van der Waals surface area contributed by atoms with Gasteiger partial charge in [-0.05, 0) is 39.3 Å². The smallest absolute Gasteiger partial charge is 0.0120 e. The zero-order valence-electron chi connectivity index (χ0n) is 11.6. The van der Waals surface area contributed by atoms with E-state index in [1.54, 1.807) is 0 Å². The molecule has 0 aliphatic carbocycles. The first-order valence-electron chi connectivity index (χ1n) is 7.08. The molecule has 2 nitrogen and oxygen atoms in total. The molecule has 1 heterocycles. The lowest BCUT2D eigenvalue weighted by Gasteiger charge is -2.40. The Kier molecular flexibility index (Phi) is 6.37. The Morgan fingerprint density at radius 1 is 1.19 bits per heavy atom. The number of nitrogens with one attached hydrogen (secondary N) is 1. The summed E-state index contributed by atoms with van der Waals surface area (Å²) in [5.41, 5.74) is 0. The fourth-order valence-electron chi connectivity index (χ4n) is 2.66. The molecule has 0 aromatic carbocycles. The van der Waals surface area contributed by atoms with Crippen molar-refractivity contribution in [1.82, 2.24) is 10.2 Å². The third kappa shape index (κ3) is 4.42. The predicted molar refractivity (Wildman–Crippen MR) is 71.8 cm³/mol. The minimum absolute atomic E-state index is 0.740. The zero-order chi connectivity index (χ0) is 12.0. The maximum Gasteiger partial charge on any atom is 0.0120 e. The first kappa shape index (κ1) is 14.0. The van der Waals surface area contributed by atoms with E-state index in [1.165, 1.54) is 45.2 Å². The van der Waals surface area contributed by atoms with Crippen LogP contribution in [0.3, 0.4) is 0 Å². The molecule has 96 valence electrons.